The number of halogens is 1. The minimum absolute atomic E-state index is 0.175. The van der Waals surface area contributed by atoms with Crippen LogP contribution in [-0.2, 0) is 14.3 Å². The molecule has 148 valence electrons. The van der Waals surface area contributed by atoms with Crippen molar-refractivity contribution in [3.05, 3.63) is 65.5 Å². The maximum atomic E-state index is 13.5. The third-order valence-corrected chi connectivity index (χ3v) is 4.03. The molecule has 0 aromatic heterocycles. The van der Waals surface area contributed by atoms with Gasteiger partial charge in [-0.15, -0.1) is 0 Å². The van der Waals surface area contributed by atoms with Gasteiger partial charge in [-0.1, -0.05) is 38.1 Å². The maximum absolute atomic E-state index is 13.5. The van der Waals surface area contributed by atoms with Gasteiger partial charge in [0, 0.05) is 5.69 Å². The zero-order valence-electron chi connectivity index (χ0n) is 16.0. The van der Waals surface area contributed by atoms with Crippen LogP contribution in [0.4, 0.5) is 10.1 Å². The molecule has 2 rings (SSSR count). The molecule has 0 saturated carbocycles. The molecule has 0 spiro atoms. The predicted octanol–water partition coefficient (Wildman–Crippen LogP) is 3.25. The molecular formula is C21H23FN2O4. The first-order chi connectivity index (χ1) is 13.3. The zero-order chi connectivity index (χ0) is 20.7. The smallest absolute Gasteiger partial charge is 0.326 e. The van der Waals surface area contributed by atoms with Crippen LogP contribution in [0.2, 0.25) is 0 Å². The Morgan fingerprint density at radius 2 is 1.64 bits per heavy atom. The van der Waals surface area contributed by atoms with Gasteiger partial charge in [-0.05, 0) is 42.7 Å². The summed E-state index contributed by atoms with van der Waals surface area (Å²) >= 11 is 0. The number of hydrogen-bond acceptors (Lipinski definition) is 4. The largest absolute Gasteiger partial charge is 0.451 e. The third-order valence-electron chi connectivity index (χ3n) is 4.03. The normalized spacial score (nSPS) is 11.6. The number of carbonyl (C=O) groups excluding carboxylic acids is 3. The van der Waals surface area contributed by atoms with Crippen molar-refractivity contribution in [2.75, 3.05) is 11.9 Å². The number of ether oxygens (including phenoxy) is 1. The SMILES string of the molecule is CC(C)c1ccc(NC(=O)[C@H](C)OC(=O)CNC(=O)c2ccccc2F)cc1. The summed E-state index contributed by atoms with van der Waals surface area (Å²) in [6.45, 7) is 5.09. The second-order valence-electron chi connectivity index (χ2n) is 6.56. The van der Waals surface area contributed by atoms with Crippen molar-refractivity contribution in [1.29, 1.82) is 0 Å². The lowest BCUT2D eigenvalue weighted by Crippen LogP contribution is -2.36. The van der Waals surface area contributed by atoms with Crippen LogP contribution >= 0.6 is 0 Å². The molecule has 7 heteroatoms. The van der Waals surface area contributed by atoms with Gasteiger partial charge in [-0.3, -0.25) is 14.4 Å². The molecule has 2 aromatic rings. The first-order valence-electron chi connectivity index (χ1n) is 8.91. The fraction of sp³-hybridized carbons (Fsp3) is 0.286. The number of carbonyl (C=O) groups is 3. The molecule has 0 aliphatic heterocycles. The van der Waals surface area contributed by atoms with Gasteiger partial charge in [-0.25, -0.2) is 4.39 Å². The molecule has 0 unspecified atom stereocenters. The molecule has 0 saturated heterocycles. The number of rotatable bonds is 7. The quantitative estimate of drug-likeness (QED) is 0.716. The molecule has 6 nitrogen and oxygen atoms in total. The van der Waals surface area contributed by atoms with Crippen molar-refractivity contribution in [3.63, 3.8) is 0 Å². The van der Waals surface area contributed by atoms with Crippen LogP contribution in [0, 0.1) is 5.82 Å². The highest BCUT2D eigenvalue weighted by Gasteiger charge is 2.19. The van der Waals surface area contributed by atoms with Crippen LogP contribution in [0.25, 0.3) is 0 Å². The molecule has 2 amide bonds. The van der Waals surface area contributed by atoms with Gasteiger partial charge in [0.05, 0.1) is 5.56 Å². The molecule has 28 heavy (non-hydrogen) atoms. The predicted molar refractivity (Wildman–Crippen MR) is 103 cm³/mol. The summed E-state index contributed by atoms with van der Waals surface area (Å²) in [6.07, 6.45) is -1.05. The lowest BCUT2D eigenvalue weighted by molar-refractivity contribution is -0.152. The Morgan fingerprint density at radius 1 is 1.00 bits per heavy atom. The first kappa shape index (κ1) is 21.1. The van der Waals surface area contributed by atoms with E-state index < -0.39 is 36.2 Å². The van der Waals surface area contributed by atoms with E-state index in [0.717, 1.165) is 11.6 Å². The minimum Gasteiger partial charge on any atom is -0.451 e. The van der Waals surface area contributed by atoms with Crippen LogP contribution in [0.1, 0.15) is 42.6 Å². The number of benzene rings is 2. The van der Waals surface area contributed by atoms with Crippen molar-refractivity contribution in [2.45, 2.75) is 32.8 Å². The Hall–Kier alpha value is -3.22. The Bertz CT molecular complexity index is 850. The highest BCUT2D eigenvalue weighted by molar-refractivity contribution is 5.97. The average molecular weight is 386 g/mol. The second kappa shape index (κ2) is 9.64. The van der Waals surface area contributed by atoms with Crippen LogP contribution < -0.4 is 10.6 Å². The number of amides is 2. The molecule has 1 atom stereocenters. The minimum atomic E-state index is -1.05. The van der Waals surface area contributed by atoms with Crippen LogP contribution in [-0.4, -0.2) is 30.4 Å². The van der Waals surface area contributed by atoms with E-state index in [1.807, 2.05) is 12.1 Å². The first-order valence-corrected chi connectivity index (χ1v) is 8.91. The van der Waals surface area contributed by atoms with Gasteiger partial charge < -0.3 is 15.4 Å². The van der Waals surface area contributed by atoms with E-state index in [0.29, 0.717) is 11.6 Å². The summed E-state index contributed by atoms with van der Waals surface area (Å²) < 4.78 is 18.5. The number of esters is 1. The Balaban J connectivity index is 1.81. The van der Waals surface area contributed by atoms with Gasteiger partial charge in [0.25, 0.3) is 11.8 Å². The molecule has 0 heterocycles. The molecule has 2 aromatic carbocycles. The number of nitrogens with one attached hydrogen (secondary N) is 2. The van der Waals surface area contributed by atoms with Gasteiger partial charge in [0.15, 0.2) is 6.10 Å². The average Bonchev–Trinajstić information content (AvgIpc) is 2.66. The molecule has 0 aliphatic carbocycles. The summed E-state index contributed by atoms with van der Waals surface area (Å²) in [5, 5.41) is 4.92. The van der Waals surface area contributed by atoms with E-state index in [-0.39, 0.29) is 5.56 Å². The van der Waals surface area contributed by atoms with Crippen LogP contribution in [0.5, 0.6) is 0 Å². The lowest BCUT2D eigenvalue weighted by atomic mass is 10.0. The topological polar surface area (TPSA) is 84.5 Å². The van der Waals surface area contributed by atoms with E-state index in [2.05, 4.69) is 24.5 Å². The fourth-order valence-corrected chi connectivity index (χ4v) is 2.38. The van der Waals surface area contributed by atoms with Crippen molar-refractivity contribution < 1.29 is 23.5 Å². The van der Waals surface area contributed by atoms with E-state index in [1.54, 1.807) is 12.1 Å². The Morgan fingerprint density at radius 3 is 2.25 bits per heavy atom. The van der Waals surface area contributed by atoms with Crippen molar-refractivity contribution in [1.82, 2.24) is 5.32 Å². The highest BCUT2D eigenvalue weighted by atomic mass is 19.1. The molecular weight excluding hydrogens is 363 g/mol. The van der Waals surface area contributed by atoms with Crippen molar-refractivity contribution in [2.24, 2.45) is 0 Å². The molecule has 0 aliphatic rings. The molecule has 0 bridgehead atoms. The summed E-state index contributed by atoms with van der Waals surface area (Å²) in [7, 11) is 0. The Kier molecular flexibility index (Phi) is 7.26. The van der Waals surface area contributed by atoms with Gasteiger partial charge in [0.1, 0.15) is 12.4 Å². The maximum Gasteiger partial charge on any atom is 0.326 e. The lowest BCUT2D eigenvalue weighted by Gasteiger charge is -2.14. The summed E-state index contributed by atoms with van der Waals surface area (Å²) in [5.41, 5.74) is 1.55. The van der Waals surface area contributed by atoms with Gasteiger partial charge >= 0.3 is 5.97 Å². The second-order valence-corrected chi connectivity index (χ2v) is 6.56. The van der Waals surface area contributed by atoms with E-state index in [9.17, 15) is 18.8 Å². The van der Waals surface area contributed by atoms with Crippen molar-refractivity contribution >= 4 is 23.5 Å². The van der Waals surface area contributed by atoms with Gasteiger partial charge in [-0.2, -0.15) is 0 Å². The van der Waals surface area contributed by atoms with Crippen LogP contribution in [0.3, 0.4) is 0 Å². The van der Waals surface area contributed by atoms with E-state index >= 15 is 0 Å². The van der Waals surface area contributed by atoms with E-state index in [1.165, 1.54) is 25.1 Å². The highest BCUT2D eigenvalue weighted by Crippen LogP contribution is 2.17. The standard InChI is InChI=1S/C21H23FN2O4/c1-13(2)15-8-10-16(11-9-15)24-20(26)14(3)28-19(25)12-23-21(27)17-6-4-5-7-18(17)22/h4-11,13-14H,12H2,1-3H3,(H,23,27)(H,24,26)/t14-/m0/s1. The monoisotopic (exact) mass is 386 g/mol. The number of anilines is 1. The van der Waals surface area contributed by atoms with Crippen molar-refractivity contribution in [3.8, 4) is 0 Å². The zero-order valence-corrected chi connectivity index (χ0v) is 16.0. The van der Waals surface area contributed by atoms with Gasteiger partial charge in [0.2, 0.25) is 0 Å². The fourth-order valence-electron chi connectivity index (χ4n) is 2.38. The summed E-state index contributed by atoms with van der Waals surface area (Å²) in [4.78, 5) is 35.9. The Labute approximate surface area is 163 Å². The van der Waals surface area contributed by atoms with Crippen LogP contribution in [0.15, 0.2) is 48.5 Å². The summed E-state index contributed by atoms with van der Waals surface area (Å²) in [6, 6.07) is 12.8. The third kappa shape index (κ3) is 5.90. The summed E-state index contributed by atoms with van der Waals surface area (Å²) in [5.74, 6) is -2.35. The molecule has 0 radical (unpaired) electrons. The molecule has 0 fully saturated rings. The number of hydrogen-bond donors (Lipinski definition) is 2. The molecule has 2 N–H and O–H groups in total. The van der Waals surface area contributed by atoms with E-state index in [4.69, 9.17) is 4.74 Å².